The first-order valence-corrected chi connectivity index (χ1v) is 10.3. The maximum absolute atomic E-state index is 13.5. The zero-order chi connectivity index (χ0) is 17.4. The number of piperazine rings is 1. The molecule has 1 saturated heterocycles. The van der Waals surface area contributed by atoms with E-state index in [-0.39, 0.29) is 35.4 Å². The standard InChI is InChI=1S/C17H23FN2O3S/c1-24(22,23)12-17(5-6-17)10-16(21)20-8-7-19-11-15(20)13-3-2-4-14(18)9-13/h2-4,9,15,19H,5-8,10-12H2,1H3. The van der Waals surface area contributed by atoms with E-state index < -0.39 is 9.84 Å². The Morgan fingerprint density at radius 3 is 2.79 bits per heavy atom. The van der Waals surface area contributed by atoms with E-state index in [1.165, 1.54) is 18.4 Å². The first-order valence-electron chi connectivity index (χ1n) is 8.21. The molecule has 1 unspecified atom stereocenters. The van der Waals surface area contributed by atoms with Crippen LogP contribution in [-0.2, 0) is 14.6 Å². The van der Waals surface area contributed by atoms with E-state index in [1.807, 2.05) is 6.07 Å². The Balaban J connectivity index is 1.75. The summed E-state index contributed by atoms with van der Waals surface area (Å²) in [4.78, 5) is 14.6. The minimum atomic E-state index is -3.10. The highest BCUT2D eigenvalue weighted by atomic mass is 32.2. The van der Waals surface area contributed by atoms with Crippen LogP contribution in [0.15, 0.2) is 24.3 Å². The van der Waals surface area contributed by atoms with Crippen molar-refractivity contribution in [3.05, 3.63) is 35.6 Å². The summed E-state index contributed by atoms with van der Waals surface area (Å²) in [6.45, 7) is 1.82. The van der Waals surface area contributed by atoms with Gasteiger partial charge in [-0.1, -0.05) is 12.1 Å². The molecule has 1 heterocycles. The molecule has 2 fully saturated rings. The molecular weight excluding hydrogens is 331 g/mol. The number of hydrogen-bond acceptors (Lipinski definition) is 4. The Kier molecular flexibility index (Phi) is 4.66. The molecule has 1 amide bonds. The van der Waals surface area contributed by atoms with E-state index in [1.54, 1.807) is 11.0 Å². The van der Waals surface area contributed by atoms with Crippen LogP contribution < -0.4 is 5.32 Å². The summed E-state index contributed by atoms with van der Waals surface area (Å²) in [5.74, 6) is -0.282. The van der Waals surface area contributed by atoms with Gasteiger partial charge in [-0.2, -0.15) is 0 Å². The third kappa shape index (κ3) is 4.13. The normalized spacial score (nSPS) is 23.1. The SMILES string of the molecule is CS(=O)(=O)CC1(CC(=O)N2CCNCC2c2cccc(F)c2)CC1. The summed E-state index contributed by atoms with van der Waals surface area (Å²) in [7, 11) is -3.10. The van der Waals surface area contributed by atoms with Crippen molar-refractivity contribution in [2.75, 3.05) is 31.6 Å². The Morgan fingerprint density at radius 1 is 1.42 bits per heavy atom. The van der Waals surface area contributed by atoms with Crippen molar-refractivity contribution in [2.24, 2.45) is 5.41 Å². The molecule has 1 saturated carbocycles. The van der Waals surface area contributed by atoms with Gasteiger partial charge in [0.15, 0.2) is 0 Å². The Bertz CT molecular complexity index is 731. The number of nitrogens with one attached hydrogen (secondary N) is 1. The summed E-state index contributed by atoms with van der Waals surface area (Å²) >= 11 is 0. The Labute approximate surface area is 142 Å². The molecule has 1 N–H and O–H groups in total. The fourth-order valence-electron chi connectivity index (χ4n) is 3.54. The first kappa shape index (κ1) is 17.4. The molecule has 1 aliphatic carbocycles. The highest BCUT2D eigenvalue weighted by molar-refractivity contribution is 7.90. The number of benzene rings is 1. The van der Waals surface area contributed by atoms with Crippen LogP contribution in [0.3, 0.4) is 0 Å². The van der Waals surface area contributed by atoms with Gasteiger partial charge in [-0.05, 0) is 36.0 Å². The molecule has 5 nitrogen and oxygen atoms in total. The van der Waals surface area contributed by atoms with Crippen molar-refractivity contribution in [3.63, 3.8) is 0 Å². The smallest absolute Gasteiger partial charge is 0.223 e. The molecule has 1 atom stereocenters. The summed E-state index contributed by atoms with van der Waals surface area (Å²) in [5.41, 5.74) is 0.380. The number of rotatable bonds is 5. The van der Waals surface area contributed by atoms with Crippen LogP contribution in [0.1, 0.15) is 30.9 Å². The van der Waals surface area contributed by atoms with Crippen molar-refractivity contribution >= 4 is 15.7 Å². The molecule has 0 radical (unpaired) electrons. The third-order valence-electron chi connectivity index (χ3n) is 4.85. The largest absolute Gasteiger partial charge is 0.333 e. The van der Waals surface area contributed by atoms with Gasteiger partial charge in [-0.25, -0.2) is 12.8 Å². The minimum absolute atomic E-state index is 0.0353. The molecule has 132 valence electrons. The molecule has 1 aliphatic heterocycles. The topological polar surface area (TPSA) is 66.5 Å². The van der Waals surface area contributed by atoms with Crippen molar-refractivity contribution < 1.29 is 17.6 Å². The van der Waals surface area contributed by atoms with Gasteiger partial charge in [0.2, 0.25) is 5.91 Å². The van der Waals surface area contributed by atoms with Crippen LogP contribution in [0.2, 0.25) is 0 Å². The molecule has 0 spiro atoms. The van der Waals surface area contributed by atoms with E-state index in [9.17, 15) is 17.6 Å². The number of hydrogen-bond donors (Lipinski definition) is 1. The van der Waals surface area contributed by atoms with Gasteiger partial charge in [0.25, 0.3) is 0 Å². The Hall–Kier alpha value is -1.47. The van der Waals surface area contributed by atoms with Crippen LogP contribution >= 0.6 is 0 Å². The van der Waals surface area contributed by atoms with E-state index >= 15 is 0 Å². The molecule has 0 bridgehead atoms. The molecular formula is C17H23FN2O3S. The van der Waals surface area contributed by atoms with E-state index in [2.05, 4.69) is 5.32 Å². The third-order valence-corrected chi connectivity index (χ3v) is 5.99. The van der Waals surface area contributed by atoms with Crippen LogP contribution in [0.5, 0.6) is 0 Å². The molecule has 1 aromatic carbocycles. The van der Waals surface area contributed by atoms with Gasteiger partial charge in [-0.3, -0.25) is 4.79 Å². The van der Waals surface area contributed by atoms with Crippen molar-refractivity contribution in [1.29, 1.82) is 0 Å². The Morgan fingerprint density at radius 2 is 2.17 bits per heavy atom. The number of sulfone groups is 1. The summed E-state index contributed by atoms with van der Waals surface area (Å²) in [6.07, 6.45) is 3.04. The zero-order valence-corrected chi connectivity index (χ0v) is 14.6. The van der Waals surface area contributed by atoms with Crippen molar-refractivity contribution in [1.82, 2.24) is 10.2 Å². The van der Waals surface area contributed by atoms with E-state index in [0.717, 1.165) is 18.4 Å². The van der Waals surface area contributed by atoms with E-state index in [4.69, 9.17) is 0 Å². The fourth-order valence-corrected chi connectivity index (χ4v) is 5.05. The van der Waals surface area contributed by atoms with Gasteiger partial charge in [0.1, 0.15) is 15.7 Å². The van der Waals surface area contributed by atoms with Gasteiger partial charge >= 0.3 is 0 Å². The lowest BCUT2D eigenvalue weighted by Gasteiger charge is -2.37. The first-order chi connectivity index (χ1) is 11.3. The summed E-state index contributed by atoms with van der Waals surface area (Å²) < 4.78 is 36.7. The second-order valence-electron chi connectivity index (χ2n) is 7.11. The maximum atomic E-state index is 13.5. The lowest BCUT2D eigenvalue weighted by molar-refractivity contribution is -0.135. The number of carbonyl (C=O) groups is 1. The number of amides is 1. The van der Waals surface area contributed by atoms with Gasteiger partial charge in [-0.15, -0.1) is 0 Å². The van der Waals surface area contributed by atoms with Crippen LogP contribution in [0.4, 0.5) is 4.39 Å². The second-order valence-corrected chi connectivity index (χ2v) is 9.25. The average molecular weight is 354 g/mol. The molecule has 0 aromatic heterocycles. The maximum Gasteiger partial charge on any atom is 0.223 e. The molecule has 7 heteroatoms. The number of carbonyl (C=O) groups excluding carboxylic acids is 1. The van der Waals surface area contributed by atoms with Gasteiger partial charge < -0.3 is 10.2 Å². The number of nitrogens with zero attached hydrogens (tertiary/aromatic N) is 1. The lowest BCUT2D eigenvalue weighted by atomic mass is 9.99. The van der Waals surface area contributed by atoms with Crippen LogP contribution in [0.25, 0.3) is 0 Å². The van der Waals surface area contributed by atoms with Crippen LogP contribution in [0, 0.1) is 11.2 Å². The molecule has 1 aromatic rings. The van der Waals surface area contributed by atoms with Crippen molar-refractivity contribution in [2.45, 2.75) is 25.3 Å². The quantitative estimate of drug-likeness (QED) is 0.871. The van der Waals surface area contributed by atoms with Crippen LogP contribution in [-0.4, -0.2) is 50.9 Å². The zero-order valence-electron chi connectivity index (χ0n) is 13.8. The summed E-state index contributed by atoms with van der Waals surface area (Å²) in [5, 5.41) is 3.24. The molecule has 2 aliphatic rings. The highest BCUT2D eigenvalue weighted by Crippen LogP contribution is 2.50. The predicted octanol–water partition coefficient (Wildman–Crippen LogP) is 1.51. The second kappa shape index (κ2) is 6.44. The van der Waals surface area contributed by atoms with Gasteiger partial charge in [0, 0.05) is 32.3 Å². The fraction of sp³-hybridized carbons (Fsp3) is 0.588. The lowest BCUT2D eigenvalue weighted by Crippen LogP contribution is -2.49. The van der Waals surface area contributed by atoms with E-state index in [0.29, 0.717) is 19.6 Å². The molecule has 3 rings (SSSR count). The van der Waals surface area contributed by atoms with Gasteiger partial charge in [0.05, 0.1) is 11.8 Å². The van der Waals surface area contributed by atoms with Crippen molar-refractivity contribution in [3.8, 4) is 0 Å². The minimum Gasteiger partial charge on any atom is -0.333 e. The summed E-state index contributed by atoms with van der Waals surface area (Å²) in [6, 6.07) is 6.10. The highest BCUT2D eigenvalue weighted by Gasteiger charge is 2.48. The molecule has 24 heavy (non-hydrogen) atoms. The number of halogens is 1. The monoisotopic (exact) mass is 354 g/mol. The average Bonchev–Trinajstić information content (AvgIpc) is 3.24. The predicted molar refractivity (Wildman–Crippen MR) is 89.7 cm³/mol.